The molecule has 0 radical (unpaired) electrons. The zero-order chi connectivity index (χ0) is 56.1. The number of benzene rings is 1. The maximum Gasteiger partial charge on any atom is 0.254 e. The van der Waals surface area contributed by atoms with Crippen LogP contribution < -0.4 is 16.2 Å². The molecule has 5 rings (SSSR count). The fourth-order valence-electron chi connectivity index (χ4n) is 12.7. The van der Waals surface area contributed by atoms with Gasteiger partial charge in [-0.25, -0.2) is 0 Å². The molecule has 1 aliphatic carbocycles. The summed E-state index contributed by atoms with van der Waals surface area (Å²) in [4.78, 5) is 12.2. The van der Waals surface area contributed by atoms with Crippen molar-refractivity contribution >= 4 is 0 Å². The highest BCUT2D eigenvalue weighted by molar-refractivity contribution is 5.45. The second kappa shape index (κ2) is 35.0. The Morgan fingerprint density at radius 1 is 0.408 bits per heavy atom. The number of aromatic nitrogens is 1. The van der Waals surface area contributed by atoms with E-state index in [0.29, 0.717) is 47.3 Å². The monoisotopic (exact) mass is 1050 g/mol. The smallest absolute Gasteiger partial charge is 0.254 e. The lowest BCUT2D eigenvalue weighted by molar-refractivity contribution is 0.627. The minimum absolute atomic E-state index is 0. The molecule has 1 aromatic heterocycles. The van der Waals surface area contributed by atoms with Crippen LogP contribution in [0.25, 0.3) is 0 Å². The minimum Gasteiger partial charge on any atom is -0.385 e. The summed E-state index contributed by atoms with van der Waals surface area (Å²) >= 11 is 0. The van der Waals surface area contributed by atoms with Gasteiger partial charge in [-0.15, -0.1) is 0 Å². The molecule has 1 aromatic carbocycles. The van der Waals surface area contributed by atoms with E-state index in [0.717, 1.165) is 30.3 Å². The van der Waals surface area contributed by atoms with Crippen molar-refractivity contribution in [1.29, 1.82) is 0 Å². The second-order valence-corrected chi connectivity index (χ2v) is 24.9. The van der Waals surface area contributed by atoms with Gasteiger partial charge in [-0.05, 0) is 214 Å². The number of nitrogens with zero attached hydrogens (tertiary/aromatic N) is 1. The fourth-order valence-corrected chi connectivity index (χ4v) is 12.7. The maximum absolute atomic E-state index is 12.2. The van der Waals surface area contributed by atoms with E-state index in [4.69, 9.17) is 0 Å². The normalized spacial score (nSPS) is 14.8. The van der Waals surface area contributed by atoms with E-state index >= 15 is 0 Å². The summed E-state index contributed by atoms with van der Waals surface area (Å²) in [6.07, 6.45) is 2.56. The lowest BCUT2D eigenvalue weighted by Gasteiger charge is -2.29. The van der Waals surface area contributed by atoms with Crippen LogP contribution in [0.3, 0.4) is 0 Å². The molecule has 0 spiro atoms. The average Bonchev–Trinajstić information content (AvgIpc) is 3.22. The SMILES string of the molecule is C.C.C.C.CC1=C(C(C)C)C(C)=C(C(C)C)CC1.CC1=C(C(C)C)C(C)=C(C(C)C)CN1.CC1=C(C(C)C)C(C)=C(C(C)C)NC1.Cc1c(C(C)C)c(C)n(C)c(=O)c1C(C)C.Cc1ccc(C(C)C)c(C)c1C(C)C. The van der Waals surface area contributed by atoms with Gasteiger partial charge in [-0.2, -0.15) is 0 Å². The molecule has 0 saturated carbocycles. The van der Waals surface area contributed by atoms with Crippen molar-refractivity contribution in [3.8, 4) is 0 Å². The summed E-state index contributed by atoms with van der Waals surface area (Å²) in [6.45, 7) is 69.3. The van der Waals surface area contributed by atoms with Gasteiger partial charge in [0.25, 0.3) is 5.56 Å². The van der Waals surface area contributed by atoms with E-state index in [1.54, 1.807) is 38.0 Å². The first-order chi connectivity index (χ1) is 33.1. The van der Waals surface area contributed by atoms with Crippen LogP contribution in [0.5, 0.6) is 0 Å². The van der Waals surface area contributed by atoms with Crippen LogP contribution in [-0.2, 0) is 7.05 Å². The fraction of sp³-hybridized carbons (Fsp3) is 0.681. The summed E-state index contributed by atoms with van der Waals surface area (Å²) in [6, 6.07) is 4.54. The van der Waals surface area contributed by atoms with Gasteiger partial charge in [0, 0.05) is 42.8 Å². The van der Waals surface area contributed by atoms with Crippen LogP contribution in [0, 0.1) is 63.2 Å². The van der Waals surface area contributed by atoms with Crippen LogP contribution >= 0.6 is 0 Å². The molecule has 4 heteroatoms. The molecule has 2 N–H and O–H groups in total. The molecular weight excluding hydrogens is 923 g/mol. The van der Waals surface area contributed by atoms with Gasteiger partial charge in [0.1, 0.15) is 0 Å². The number of allylic oxidation sites excluding steroid dienone is 10. The van der Waals surface area contributed by atoms with Crippen LogP contribution in [0.2, 0.25) is 0 Å². The Balaban J connectivity index is -0.000000421. The maximum atomic E-state index is 12.2. The number of dihydropyridines is 2. The zero-order valence-corrected chi connectivity index (χ0v) is 53.1. The molecule has 0 unspecified atom stereocenters. The van der Waals surface area contributed by atoms with Crippen LogP contribution in [0.1, 0.15) is 291 Å². The van der Waals surface area contributed by atoms with Crippen LogP contribution in [-0.4, -0.2) is 17.7 Å². The molecule has 0 saturated heterocycles. The summed E-state index contributed by atoms with van der Waals surface area (Å²) < 4.78 is 1.79. The van der Waals surface area contributed by atoms with Crippen molar-refractivity contribution in [2.24, 2.45) is 42.6 Å². The number of hydrogen-bond donors (Lipinski definition) is 2. The van der Waals surface area contributed by atoms with Gasteiger partial charge in [-0.1, -0.05) is 197 Å². The van der Waals surface area contributed by atoms with E-state index in [1.165, 1.54) is 79.9 Å². The third-order valence-electron chi connectivity index (χ3n) is 15.8. The Morgan fingerprint density at radius 2 is 0.842 bits per heavy atom. The lowest BCUT2D eigenvalue weighted by atomic mass is 9.78. The average molecular weight is 1050 g/mol. The Morgan fingerprint density at radius 3 is 1.24 bits per heavy atom. The third-order valence-corrected chi connectivity index (χ3v) is 15.8. The lowest BCUT2D eigenvalue weighted by Crippen LogP contribution is -2.27. The zero-order valence-electron chi connectivity index (χ0n) is 53.1. The predicted octanol–water partition coefficient (Wildman–Crippen LogP) is 22.1. The van der Waals surface area contributed by atoms with Crippen LogP contribution in [0.15, 0.2) is 84.1 Å². The van der Waals surface area contributed by atoms with Crippen molar-refractivity contribution in [3.63, 3.8) is 0 Å². The second-order valence-electron chi connectivity index (χ2n) is 24.9. The van der Waals surface area contributed by atoms with Gasteiger partial charge in [0.2, 0.25) is 0 Å². The van der Waals surface area contributed by atoms with Gasteiger partial charge >= 0.3 is 0 Å². The van der Waals surface area contributed by atoms with E-state index in [9.17, 15) is 4.79 Å². The van der Waals surface area contributed by atoms with E-state index in [2.05, 4.69) is 224 Å². The number of pyridine rings is 1. The largest absolute Gasteiger partial charge is 0.385 e. The summed E-state index contributed by atoms with van der Waals surface area (Å²) in [5.41, 5.74) is 29.1. The quantitative estimate of drug-likeness (QED) is 0.249. The summed E-state index contributed by atoms with van der Waals surface area (Å²) in [7, 11) is 1.87. The van der Waals surface area contributed by atoms with Crippen molar-refractivity contribution < 1.29 is 0 Å². The van der Waals surface area contributed by atoms with Gasteiger partial charge in [-0.3, -0.25) is 4.79 Å². The van der Waals surface area contributed by atoms with Gasteiger partial charge in [0.05, 0.1) is 0 Å². The molecule has 0 bridgehead atoms. The molecule has 2 aliphatic heterocycles. The third kappa shape index (κ3) is 20.5. The van der Waals surface area contributed by atoms with Crippen molar-refractivity contribution in [1.82, 2.24) is 15.2 Å². The number of rotatable bonds is 10. The van der Waals surface area contributed by atoms with E-state index in [1.807, 2.05) is 14.0 Å². The number of aryl methyl sites for hydroxylation is 1. The minimum atomic E-state index is 0. The number of nitrogens with one attached hydrogen (secondary N) is 2. The Kier molecular flexibility index (Phi) is 36.2. The molecule has 0 amide bonds. The van der Waals surface area contributed by atoms with Gasteiger partial charge < -0.3 is 15.2 Å². The molecular formula is C72H131N3O. The van der Waals surface area contributed by atoms with E-state index in [-0.39, 0.29) is 41.2 Å². The Bertz CT molecular complexity index is 2240. The summed E-state index contributed by atoms with van der Waals surface area (Å²) in [5.74, 6) is 5.95. The highest BCUT2D eigenvalue weighted by atomic mass is 16.1. The summed E-state index contributed by atoms with van der Waals surface area (Å²) in [5, 5.41) is 7.02. The molecule has 440 valence electrons. The molecule has 3 aliphatic rings. The van der Waals surface area contributed by atoms with Crippen LogP contribution in [0.4, 0.5) is 0 Å². The molecule has 3 heterocycles. The molecule has 76 heavy (non-hydrogen) atoms. The van der Waals surface area contributed by atoms with Crippen molar-refractivity contribution in [2.45, 2.75) is 274 Å². The standard InChI is InChI=1S/C14H23NO.C14H24.C14H22.2C13H23N.4CH4/c1-8(2)12-10(5)13(9(3)4)14(16)15(7)11(12)6;2*1-9(2)13-8-7-11(5)14(10(3)4)12(13)6;1-8(2)12-7-14-11(6)13(9(3)4)10(12)5;1-8(2)12-10(5)7-14-13(9(3)4)11(12)6;;;;/h8-9H,1-7H3;9-10H,7-8H2,1-6H3;7-10H,1-6H3;2*8-9,14H,7H2,1-6H3;4*1H4. The van der Waals surface area contributed by atoms with Crippen molar-refractivity contribution in [3.05, 3.63) is 134 Å². The highest BCUT2D eigenvalue weighted by Gasteiger charge is 2.23. The first-order valence-electron chi connectivity index (χ1n) is 28.6. The Labute approximate surface area is 476 Å². The van der Waals surface area contributed by atoms with Crippen molar-refractivity contribution in [2.75, 3.05) is 13.1 Å². The molecule has 4 nitrogen and oxygen atoms in total. The first-order valence-corrected chi connectivity index (χ1v) is 28.6. The highest BCUT2D eigenvalue weighted by Crippen LogP contribution is 2.38. The first kappa shape index (κ1) is 78.7. The molecule has 2 aromatic rings. The van der Waals surface area contributed by atoms with Gasteiger partial charge in [0.15, 0.2) is 0 Å². The molecule has 0 atom stereocenters. The van der Waals surface area contributed by atoms with E-state index < -0.39 is 0 Å². The number of hydrogen-bond acceptors (Lipinski definition) is 3. The molecule has 0 fully saturated rings. The topological polar surface area (TPSA) is 46.1 Å². The Hall–Kier alpha value is -3.79. The predicted molar refractivity (Wildman–Crippen MR) is 351 cm³/mol.